The Morgan fingerprint density at radius 1 is 1.23 bits per heavy atom. The number of aromatic nitrogens is 1. The van der Waals surface area contributed by atoms with Crippen molar-refractivity contribution < 1.29 is 4.79 Å². The van der Waals surface area contributed by atoms with Crippen LogP contribution in [0.4, 0.5) is 0 Å². The van der Waals surface area contributed by atoms with Gasteiger partial charge in [-0.05, 0) is 88.1 Å². The van der Waals surface area contributed by atoms with Crippen LogP contribution < -0.4 is 10.6 Å². The van der Waals surface area contributed by atoms with E-state index in [2.05, 4.69) is 47.7 Å². The van der Waals surface area contributed by atoms with Gasteiger partial charge in [-0.3, -0.25) is 4.79 Å². The fourth-order valence-electron chi connectivity index (χ4n) is 5.34. The Bertz CT molecular complexity index is 1070. The minimum absolute atomic E-state index is 0.173. The maximum atomic E-state index is 12.2. The van der Waals surface area contributed by atoms with Crippen LogP contribution in [0.2, 0.25) is 5.02 Å². The van der Waals surface area contributed by atoms with E-state index in [9.17, 15) is 4.79 Å². The highest BCUT2D eigenvalue weighted by molar-refractivity contribution is 6.31. The van der Waals surface area contributed by atoms with Crippen LogP contribution in [0, 0.1) is 11.8 Å². The van der Waals surface area contributed by atoms with E-state index in [4.69, 9.17) is 11.6 Å². The van der Waals surface area contributed by atoms with E-state index < -0.39 is 0 Å². The quantitative estimate of drug-likeness (QED) is 0.586. The van der Waals surface area contributed by atoms with Crippen molar-refractivity contribution in [1.82, 2.24) is 9.47 Å². The van der Waals surface area contributed by atoms with Crippen LogP contribution in [-0.4, -0.2) is 34.9 Å². The number of ketones is 1. The van der Waals surface area contributed by atoms with Crippen LogP contribution in [0.15, 0.2) is 30.5 Å². The van der Waals surface area contributed by atoms with Gasteiger partial charge in [0.25, 0.3) is 0 Å². The van der Waals surface area contributed by atoms with Crippen LogP contribution in [0.3, 0.4) is 0 Å². The summed E-state index contributed by atoms with van der Waals surface area (Å²) < 4.78 is 2.35. The fourth-order valence-corrected chi connectivity index (χ4v) is 5.55. The summed E-state index contributed by atoms with van der Waals surface area (Å²) in [5.74, 6) is 1.41. The summed E-state index contributed by atoms with van der Waals surface area (Å²) in [6.07, 6.45) is 10.1. The van der Waals surface area contributed by atoms with Crippen molar-refractivity contribution in [3.05, 3.63) is 57.2 Å². The van der Waals surface area contributed by atoms with Gasteiger partial charge < -0.3 is 9.47 Å². The molecule has 166 valence electrons. The van der Waals surface area contributed by atoms with E-state index in [1.807, 2.05) is 12.1 Å². The molecule has 0 saturated carbocycles. The van der Waals surface area contributed by atoms with Crippen molar-refractivity contribution in [3.63, 3.8) is 0 Å². The third-order valence-corrected chi connectivity index (χ3v) is 7.60. The number of rotatable bonds is 7. The molecule has 1 unspecified atom stereocenters. The number of aryl methyl sites for hydroxylation is 1. The van der Waals surface area contributed by atoms with Gasteiger partial charge in [-0.1, -0.05) is 42.8 Å². The topological polar surface area (TPSA) is 25.2 Å². The smallest absolute Gasteiger partial charge is 0.161 e. The Morgan fingerprint density at radius 3 is 2.81 bits per heavy atom. The Balaban J connectivity index is 1.40. The monoisotopic (exact) mass is 438 g/mol. The molecule has 2 atom stereocenters. The zero-order valence-electron chi connectivity index (χ0n) is 19.2. The van der Waals surface area contributed by atoms with E-state index in [0.717, 1.165) is 49.5 Å². The lowest BCUT2D eigenvalue weighted by Crippen LogP contribution is -2.39. The second-order valence-electron chi connectivity index (χ2n) is 9.54. The van der Waals surface area contributed by atoms with Crippen molar-refractivity contribution in [2.24, 2.45) is 11.8 Å². The molecular weight excluding hydrogens is 404 g/mol. The van der Waals surface area contributed by atoms with E-state index in [1.54, 1.807) is 6.92 Å². The summed E-state index contributed by atoms with van der Waals surface area (Å²) in [5.41, 5.74) is 3.59. The summed E-state index contributed by atoms with van der Waals surface area (Å²) in [4.78, 5) is 14.8. The summed E-state index contributed by atoms with van der Waals surface area (Å²) >= 11 is 6.39. The molecule has 2 heterocycles. The lowest BCUT2D eigenvalue weighted by molar-refractivity contribution is 0.101. The van der Waals surface area contributed by atoms with E-state index >= 15 is 0 Å². The molecule has 0 spiro atoms. The molecule has 31 heavy (non-hydrogen) atoms. The first-order valence-corrected chi connectivity index (χ1v) is 12.2. The van der Waals surface area contributed by atoms with E-state index in [-0.39, 0.29) is 5.78 Å². The minimum Gasteiger partial charge on any atom is -0.347 e. The number of halogens is 1. The first kappa shape index (κ1) is 22.4. The maximum absolute atomic E-state index is 12.2. The second kappa shape index (κ2) is 9.75. The molecule has 4 rings (SSSR count). The van der Waals surface area contributed by atoms with Gasteiger partial charge in [0.05, 0.1) is 0 Å². The lowest BCUT2D eigenvalue weighted by atomic mass is 9.91. The first-order chi connectivity index (χ1) is 14.9. The Labute approximate surface area is 191 Å². The average molecular weight is 439 g/mol. The number of fused-ring (bicyclic) bond motifs is 1. The fraction of sp³-hybridized carbons (Fsp3) is 0.519. The Kier molecular flexibility index (Phi) is 7.03. The molecule has 1 aromatic carbocycles. The van der Waals surface area contributed by atoms with Gasteiger partial charge in [-0.15, -0.1) is 0 Å². The molecule has 2 aliphatic rings. The molecule has 1 fully saturated rings. The number of carbonyl (C=O) groups excluding carboxylic acids is 1. The van der Waals surface area contributed by atoms with Crippen LogP contribution in [0.5, 0.6) is 0 Å². The molecule has 0 bridgehead atoms. The molecule has 1 aliphatic heterocycles. The van der Waals surface area contributed by atoms with E-state index in [1.165, 1.54) is 41.1 Å². The summed E-state index contributed by atoms with van der Waals surface area (Å²) in [6.45, 7) is 10.6. The van der Waals surface area contributed by atoms with Crippen molar-refractivity contribution in [2.75, 3.05) is 19.6 Å². The average Bonchev–Trinajstić information content (AvgIpc) is 3.12. The van der Waals surface area contributed by atoms with Gasteiger partial charge >= 0.3 is 0 Å². The Hall–Kier alpha value is -1.84. The van der Waals surface area contributed by atoms with Crippen LogP contribution in [0.25, 0.3) is 11.6 Å². The number of Topliss-reactive ketones (excluding diaryl/α,β-unsaturated/α-hetero) is 1. The molecule has 0 radical (unpaired) electrons. The molecule has 0 amide bonds. The van der Waals surface area contributed by atoms with Gasteiger partial charge in [-0.25, -0.2) is 0 Å². The summed E-state index contributed by atoms with van der Waals surface area (Å²) in [6, 6.07) is 8.27. The number of piperidine rings is 1. The van der Waals surface area contributed by atoms with Gasteiger partial charge in [0.2, 0.25) is 0 Å². The number of hydrogen-bond acceptors (Lipinski definition) is 2. The summed E-state index contributed by atoms with van der Waals surface area (Å²) in [5, 5.41) is 3.36. The predicted octanol–water partition coefficient (Wildman–Crippen LogP) is 4.68. The third-order valence-electron chi connectivity index (χ3n) is 7.23. The number of hydrogen-bond donors (Lipinski definition) is 0. The largest absolute Gasteiger partial charge is 0.347 e. The maximum Gasteiger partial charge on any atom is 0.161 e. The zero-order chi connectivity index (χ0) is 22.0. The molecule has 2 aromatic rings. The van der Waals surface area contributed by atoms with Gasteiger partial charge in [0.15, 0.2) is 5.78 Å². The third kappa shape index (κ3) is 4.99. The minimum atomic E-state index is 0.173. The summed E-state index contributed by atoms with van der Waals surface area (Å²) in [7, 11) is 0. The second-order valence-corrected chi connectivity index (χ2v) is 9.94. The highest BCUT2D eigenvalue weighted by Gasteiger charge is 2.21. The molecule has 0 N–H and O–H groups in total. The number of nitrogens with zero attached hydrogens (tertiary/aromatic N) is 2. The number of likely N-dealkylation sites (tertiary alicyclic amines) is 1. The normalized spacial score (nSPS) is 21.6. The number of carbonyl (C=O) groups is 1. The highest BCUT2D eigenvalue weighted by atomic mass is 35.5. The molecule has 1 aromatic heterocycles. The van der Waals surface area contributed by atoms with Crippen molar-refractivity contribution in [3.8, 4) is 0 Å². The lowest BCUT2D eigenvalue weighted by Gasteiger charge is -2.33. The van der Waals surface area contributed by atoms with Crippen LogP contribution in [-0.2, 0) is 13.0 Å². The SMILES string of the molecule is CC(=O)c1cn(CCCN2CCCC(Cc3ccccc3Cl)C2)c2c1=CC[C@@H](C)C=2C. The van der Waals surface area contributed by atoms with Crippen molar-refractivity contribution in [2.45, 2.75) is 59.4 Å². The molecule has 3 nitrogen and oxygen atoms in total. The molecule has 1 aliphatic carbocycles. The van der Waals surface area contributed by atoms with Crippen LogP contribution >= 0.6 is 11.6 Å². The number of benzene rings is 1. The van der Waals surface area contributed by atoms with Crippen molar-refractivity contribution >= 4 is 29.0 Å². The van der Waals surface area contributed by atoms with Crippen molar-refractivity contribution in [1.29, 1.82) is 0 Å². The van der Waals surface area contributed by atoms with Gasteiger partial charge in [0, 0.05) is 40.4 Å². The van der Waals surface area contributed by atoms with Crippen LogP contribution in [0.1, 0.15) is 62.4 Å². The van der Waals surface area contributed by atoms with Gasteiger partial charge in [-0.2, -0.15) is 0 Å². The predicted molar refractivity (Wildman–Crippen MR) is 130 cm³/mol. The molecule has 4 heteroatoms. The molecule has 1 saturated heterocycles. The zero-order valence-corrected chi connectivity index (χ0v) is 19.9. The Morgan fingerprint density at radius 2 is 2.03 bits per heavy atom. The van der Waals surface area contributed by atoms with Gasteiger partial charge in [0.1, 0.15) is 0 Å². The standard InChI is InChI=1S/C27H35ClN2O/c1-19-11-12-24-25(21(3)31)18-30(27(24)20(19)2)15-7-14-29-13-6-8-22(17-29)16-23-9-4-5-10-26(23)28/h4-5,9-10,12,18-19,22H,6-8,11,13-17H2,1-3H3/t19-,22?/m1/s1. The van der Waals surface area contributed by atoms with E-state index in [0.29, 0.717) is 11.8 Å². The molecular formula is C27H35ClN2O. The highest BCUT2D eigenvalue weighted by Crippen LogP contribution is 2.25. The first-order valence-electron chi connectivity index (χ1n) is 11.8.